The fraction of sp³-hybridized carbons (Fsp3) is 0.923. The van der Waals surface area contributed by atoms with Gasteiger partial charge in [0.05, 0.1) is 6.61 Å². The molecular weight excluding hydrogens is 230 g/mol. The molecule has 0 aliphatic carbocycles. The third kappa shape index (κ3) is 4.14. The molecule has 4 atom stereocenters. The van der Waals surface area contributed by atoms with Gasteiger partial charge >= 0.3 is 0 Å². The minimum atomic E-state index is -0.329. The Labute approximate surface area is 110 Å². The van der Waals surface area contributed by atoms with E-state index in [-0.39, 0.29) is 11.9 Å². The molecule has 0 bridgehead atoms. The molecule has 0 radical (unpaired) electrons. The quantitative estimate of drug-likeness (QED) is 0.339. The molecule has 18 heavy (non-hydrogen) atoms. The zero-order valence-corrected chi connectivity index (χ0v) is 12.0. The van der Waals surface area contributed by atoms with Gasteiger partial charge in [-0.2, -0.15) is 0 Å². The SMILES string of the molecule is CC1CC(C)C(C)N(CCOC(C)C(N)=NO)C1. The van der Waals surface area contributed by atoms with Crippen molar-refractivity contribution in [3.05, 3.63) is 0 Å². The van der Waals surface area contributed by atoms with Gasteiger partial charge in [0.1, 0.15) is 6.10 Å². The molecule has 106 valence electrons. The van der Waals surface area contributed by atoms with Crippen LogP contribution in [0.2, 0.25) is 0 Å². The highest BCUT2D eigenvalue weighted by Crippen LogP contribution is 2.26. The van der Waals surface area contributed by atoms with E-state index < -0.39 is 0 Å². The summed E-state index contributed by atoms with van der Waals surface area (Å²) in [7, 11) is 0. The molecule has 0 aromatic heterocycles. The molecule has 4 unspecified atom stereocenters. The number of rotatable bonds is 5. The number of likely N-dealkylation sites (tertiary alicyclic amines) is 1. The van der Waals surface area contributed by atoms with Crippen molar-refractivity contribution < 1.29 is 9.94 Å². The fourth-order valence-electron chi connectivity index (χ4n) is 2.64. The molecule has 5 nitrogen and oxygen atoms in total. The molecule has 0 aromatic carbocycles. The molecular formula is C13H27N3O2. The van der Waals surface area contributed by atoms with E-state index in [0.717, 1.165) is 24.9 Å². The smallest absolute Gasteiger partial charge is 0.168 e. The van der Waals surface area contributed by atoms with E-state index in [1.54, 1.807) is 6.92 Å². The molecule has 0 saturated carbocycles. The minimum Gasteiger partial charge on any atom is -0.409 e. The van der Waals surface area contributed by atoms with E-state index >= 15 is 0 Å². The second-order valence-corrected chi connectivity index (χ2v) is 5.59. The van der Waals surface area contributed by atoms with Gasteiger partial charge in [0.15, 0.2) is 5.84 Å². The van der Waals surface area contributed by atoms with Gasteiger partial charge in [-0.1, -0.05) is 19.0 Å². The first-order valence-corrected chi connectivity index (χ1v) is 6.78. The molecule has 1 fully saturated rings. The molecule has 1 rings (SSSR count). The van der Waals surface area contributed by atoms with Crippen LogP contribution in [0.4, 0.5) is 0 Å². The summed E-state index contributed by atoms with van der Waals surface area (Å²) in [6.45, 7) is 11.3. The summed E-state index contributed by atoms with van der Waals surface area (Å²) in [6, 6.07) is 0.601. The Kier molecular flexibility index (Phi) is 5.88. The number of hydrogen-bond acceptors (Lipinski definition) is 4. The lowest BCUT2D eigenvalue weighted by Gasteiger charge is -2.41. The van der Waals surface area contributed by atoms with Crippen LogP contribution in [0.25, 0.3) is 0 Å². The van der Waals surface area contributed by atoms with Gasteiger partial charge in [-0.15, -0.1) is 0 Å². The van der Waals surface area contributed by atoms with Gasteiger partial charge in [0.2, 0.25) is 0 Å². The number of nitrogens with two attached hydrogens (primary N) is 1. The highest BCUT2D eigenvalue weighted by atomic mass is 16.5. The van der Waals surface area contributed by atoms with Gasteiger partial charge in [0, 0.05) is 19.1 Å². The van der Waals surface area contributed by atoms with Crippen LogP contribution in [0.3, 0.4) is 0 Å². The monoisotopic (exact) mass is 257 g/mol. The second kappa shape index (κ2) is 6.95. The zero-order chi connectivity index (χ0) is 13.7. The minimum absolute atomic E-state index is 0.128. The highest BCUT2D eigenvalue weighted by molar-refractivity contribution is 5.83. The summed E-state index contributed by atoms with van der Waals surface area (Å²) in [6.07, 6.45) is 0.976. The average molecular weight is 257 g/mol. The molecule has 0 aromatic rings. The maximum atomic E-state index is 8.54. The standard InChI is InChI=1S/C13H27N3O2/c1-9-7-10(2)11(3)16(8-9)5-6-18-12(4)13(14)15-17/h9-12,17H,5-8H2,1-4H3,(H2,14,15). The molecule has 1 aliphatic rings. The molecule has 3 N–H and O–H groups in total. The Bertz CT molecular complexity index is 283. The predicted octanol–water partition coefficient (Wildman–Crippen LogP) is 1.50. The third-order valence-electron chi connectivity index (χ3n) is 4.00. The Morgan fingerprint density at radius 1 is 1.50 bits per heavy atom. The largest absolute Gasteiger partial charge is 0.409 e. The van der Waals surface area contributed by atoms with Gasteiger partial charge in [-0.3, -0.25) is 4.90 Å². The van der Waals surface area contributed by atoms with Crippen LogP contribution in [-0.4, -0.2) is 47.8 Å². The van der Waals surface area contributed by atoms with Gasteiger partial charge in [0.25, 0.3) is 0 Å². The zero-order valence-electron chi connectivity index (χ0n) is 12.0. The first-order chi connectivity index (χ1) is 8.45. The van der Waals surface area contributed by atoms with Crippen molar-refractivity contribution in [2.24, 2.45) is 22.7 Å². The average Bonchev–Trinajstić information content (AvgIpc) is 2.33. The number of hydrogen-bond donors (Lipinski definition) is 2. The van der Waals surface area contributed by atoms with E-state index in [4.69, 9.17) is 15.7 Å². The Hall–Kier alpha value is -0.810. The van der Waals surface area contributed by atoms with Crippen LogP contribution in [0.15, 0.2) is 5.16 Å². The van der Waals surface area contributed by atoms with E-state index in [1.165, 1.54) is 6.42 Å². The molecule has 1 saturated heterocycles. The number of nitrogens with zero attached hydrogens (tertiary/aromatic N) is 2. The molecule has 1 heterocycles. The summed E-state index contributed by atoms with van der Waals surface area (Å²) in [4.78, 5) is 2.47. The Morgan fingerprint density at radius 2 is 2.17 bits per heavy atom. The van der Waals surface area contributed by atoms with Crippen LogP contribution in [0.5, 0.6) is 0 Å². The molecule has 0 amide bonds. The number of amidine groups is 1. The summed E-state index contributed by atoms with van der Waals surface area (Å²) in [5.74, 6) is 1.61. The highest BCUT2D eigenvalue weighted by Gasteiger charge is 2.28. The Balaban J connectivity index is 2.34. The second-order valence-electron chi connectivity index (χ2n) is 5.59. The van der Waals surface area contributed by atoms with Crippen LogP contribution in [0.1, 0.15) is 34.1 Å². The van der Waals surface area contributed by atoms with Crippen molar-refractivity contribution in [2.45, 2.75) is 46.3 Å². The molecule has 5 heteroatoms. The van der Waals surface area contributed by atoms with Crippen LogP contribution in [0, 0.1) is 11.8 Å². The lowest BCUT2D eigenvalue weighted by Crippen LogP contribution is -2.47. The fourth-order valence-corrected chi connectivity index (χ4v) is 2.64. The Morgan fingerprint density at radius 3 is 2.78 bits per heavy atom. The number of piperidine rings is 1. The van der Waals surface area contributed by atoms with Crippen molar-refractivity contribution in [3.8, 4) is 0 Å². The maximum Gasteiger partial charge on any atom is 0.168 e. The van der Waals surface area contributed by atoms with Crippen molar-refractivity contribution in [1.82, 2.24) is 4.90 Å². The van der Waals surface area contributed by atoms with Crippen LogP contribution < -0.4 is 5.73 Å². The number of ether oxygens (including phenoxy) is 1. The molecule has 1 aliphatic heterocycles. The third-order valence-corrected chi connectivity index (χ3v) is 4.00. The number of oxime groups is 1. The first-order valence-electron chi connectivity index (χ1n) is 6.78. The van der Waals surface area contributed by atoms with Crippen molar-refractivity contribution in [3.63, 3.8) is 0 Å². The summed E-state index contributed by atoms with van der Waals surface area (Å²) in [5.41, 5.74) is 5.47. The topological polar surface area (TPSA) is 71.1 Å². The van der Waals surface area contributed by atoms with E-state index in [0.29, 0.717) is 12.6 Å². The van der Waals surface area contributed by atoms with E-state index in [2.05, 4.69) is 30.8 Å². The maximum absolute atomic E-state index is 8.54. The van der Waals surface area contributed by atoms with E-state index in [1.807, 2.05) is 0 Å². The van der Waals surface area contributed by atoms with E-state index in [9.17, 15) is 0 Å². The molecule has 0 spiro atoms. The van der Waals surface area contributed by atoms with Gasteiger partial charge < -0.3 is 15.7 Å². The van der Waals surface area contributed by atoms with Crippen molar-refractivity contribution in [1.29, 1.82) is 0 Å². The summed E-state index contributed by atoms with van der Waals surface area (Å²) >= 11 is 0. The first kappa shape index (κ1) is 15.2. The lowest BCUT2D eigenvalue weighted by molar-refractivity contribution is 0.0312. The van der Waals surface area contributed by atoms with Crippen molar-refractivity contribution >= 4 is 5.84 Å². The van der Waals surface area contributed by atoms with Gasteiger partial charge in [-0.05, 0) is 32.1 Å². The van der Waals surface area contributed by atoms with Gasteiger partial charge in [-0.25, -0.2) is 0 Å². The summed E-state index contributed by atoms with van der Waals surface area (Å²) < 4.78 is 5.56. The van der Waals surface area contributed by atoms with Crippen molar-refractivity contribution in [2.75, 3.05) is 19.7 Å². The predicted molar refractivity (Wildman–Crippen MR) is 72.8 cm³/mol. The van der Waals surface area contributed by atoms with Crippen LogP contribution in [-0.2, 0) is 4.74 Å². The van der Waals surface area contributed by atoms with Crippen LogP contribution >= 0.6 is 0 Å². The summed E-state index contributed by atoms with van der Waals surface area (Å²) in [5, 5.41) is 11.5. The lowest BCUT2D eigenvalue weighted by atomic mass is 9.86. The normalized spacial score (nSPS) is 32.4.